The van der Waals surface area contributed by atoms with Crippen molar-refractivity contribution in [2.75, 3.05) is 13.2 Å². The Bertz CT molecular complexity index is 56.0. The van der Waals surface area contributed by atoms with Gasteiger partial charge in [-0.2, -0.15) is 0 Å². The highest BCUT2D eigenvalue weighted by molar-refractivity contribution is 4.24. The Labute approximate surface area is 65.9 Å². The standard InChI is InChI=1S/C4H10O3.C2H6O2/c1-3(5)7-4(2)6;3-1-2-4/h3-6H,1-2H3;3-4H,1-2H2. The number of rotatable bonds is 3. The summed E-state index contributed by atoms with van der Waals surface area (Å²) in [5.74, 6) is 0. The predicted octanol–water partition coefficient (Wildman–Crippen LogP) is -1.35. The van der Waals surface area contributed by atoms with Crippen LogP contribution in [0.2, 0.25) is 0 Å². The van der Waals surface area contributed by atoms with E-state index in [1.54, 1.807) is 0 Å². The third-order valence-corrected chi connectivity index (χ3v) is 0.494. The molecule has 5 heteroatoms. The summed E-state index contributed by atoms with van der Waals surface area (Å²) in [4.78, 5) is 0. The first-order valence-corrected chi connectivity index (χ1v) is 3.27. The van der Waals surface area contributed by atoms with Gasteiger partial charge >= 0.3 is 0 Å². The van der Waals surface area contributed by atoms with Gasteiger partial charge < -0.3 is 25.2 Å². The molecule has 0 saturated carbocycles. The molecule has 5 nitrogen and oxygen atoms in total. The second kappa shape index (κ2) is 9.80. The topological polar surface area (TPSA) is 90.2 Å². The Kier molecular flexibility index (Phi) is 11.9. The van der Waals surface area contributed by atoms with Crippen LogP contribution in [0.25, 0.3) is 0 Å². The van der Waals surface area contributed by atoms with Gasteiger partial charge in [0.2, 0.25) is 0 Å². The van der Waals surface area contributed by atoms with Crippen LogP contribution in [0.15, 0.2) is 0 Å². The summed E-state index contributed by atoms with van der Waals surface area (Å²) in [6.07, 6.45) is -1.75. The van der Waals surface area contributed by atoms with E-state index in [0.29, 0.717) is 0 Å². The monoisotopic (exact) mass is 168 g/mol. The molecule has 0 heterocycles. The van der Waals surface area contributed by atoms with Crippen LogP contribution in [-0.2, 0) is 4.74 Å². The van der Waals surface area contributed by atoms with E-state index < -0.39 is 12.6 Å². The molecular formula is C6H16O5. The zero-order valence-corrected chi connectivity index (χ0v) is 6.77. The number of ether oxygens (including phenoxy) is 1. The fourth-order valence-electron chi connectivity index (χ4n) is 0.285. The molecule has 0 bridgehead atoms. The third kappa shape index (κ3) is 25.9. The van der Waals surface area contributed by atoms with Crippen LogP contribution in [0, 0.1) is 0 Å². The zero-order chi connectivity index (χ0) is 9.28. The summed E-state index contributed by atoms with van der Waals surface area (Å²) < 4.78 is 4.36. The molecule has 0 saturated heterocycles. The van der Waals surface area contributed by atoms with Crippen molar-refractivity contribution < 1.29 is 25.2 Å². The molecule has 0 aromatic heterocycles. The quantitative estimate of drug-likeness (QED) is 0.391. The van der Waals surface area contributed by atoms with Crippen LogP contribution >= 0.6 is 0 Å². The van der Waals surface area contributed by atoms with Crippen LogP contribution in [0.4, 0.5) is 0 Å². The number of aliphatic hydroxyl groups is 4. The van der Waals surface area contributed by atoms with E-state index >= 15 is 0 Å². The van der Waals surface area contributed by atoms with E-state index in [-0.39, 0.29) is 13.2 Å². The smallest absolute Gasteiger partial charge is 0.154 e. The second-order valence-electron chi connectivity index (χ2n) is 1.78. The molecule has 2 atom stereocenters. The second-order valence-corrected chi connectivity index (χ2v) is 1.78. The van der Waals surface area contributed by atoms with Gasteiger partial charge in [-0.3, -0.25) is 0 Å². The summed E-state index contributed by atoms with van der Waals surface area (Å²) in [7, 11) is 0. The first kappa shape index (κ1) is 13.4. The Balaban J connectivity index is 0. The number of aliphatic hydroxyl groups excluding tert-OH is 4. The molecule has 0 radical (unpaired) electrons. The van der Waals surface area contributed by atoms with E-state index in [9.17, 15) is 0 Å². The van der Waals surface area contributed by atoms with E-state index in [4.69, 9.17) is 20.4 Å². The average molecular weight is 168 g/mol. The van der Waals surface area contributed by atoms with Crippen molar-refractivity contribution in [3.63, 3.8) is 0 Å². The van der Waals surface area contributed by atoms with Gasteiger partial charge in [0.15, 0.2) is 12.6 Å². The molecule has 0 aromatic carbocycles. The molecule has 0 fully saturated rings. The Morgan fingerprint density at radius 3 is 1.27 bits per heavy atom. The molecule has 0 aromatic rings. The lowest BCUT2D eigenvalue weighted by Gasteiger charge is -2.07. The van der Waals surface area contributed by atoms with Gasteiger partial charge in [-0.1, -0.05) is 0 Å². The molecule has 2 unspecified atom stereocenters. The van der Waals surface area contributed by atoms with Crippen LogP contribution in [-0.4, -0.2) is 46.2 Å². The van der Waals surface area contributed by atoms with Crippen molar-refractivity contribution in [1.29, 1.82) is 0 Å². The minimum Gasteiger partial charge on any atom is -0.394 e. The highest BCUT2D eigenvalue weighted by atomic mass is 16.7. The molecule has 11 heavy (non-hydrogen) atoms. The SMILES string of the molecule is CC(O)OC(C)O.OCCO. The van der Waals surface area contributed by atoms with Gasteiger partial charge in [-0.05, 0) is 13.8 Å². The Morgan fingerprint density at radius 1 is 1.00 bits per heavy atom. The van der Waals surface area contributed by atoms with Gasteiger partial charge in [0.25, 0.3) is 0 Å². The van der Waals surface area contributed by atoms with Gasteiger partial charge in [-0.15, -0.1) is 0 Å². The van der Waals surface area contributed by atoms with Crippen LogP contribution in [0.3, 0.4) is 0 Å². The van der Waals surface area contributed by atoms with Gasteiger partial charge in [0.05, 0.1) is 13.2 Å². The van der Waals surface area contributed by atoms with E-state index in [1.807, 2.05) is 0 Å². The molecule has 0 rings (SSSR count). The van der Waals surface area contributed by atoms with Crippen LogP contribution in [0.5, 0.6) is 0 Å². The molecule has 0 aliphatic heterocycles. The summed E-state index contributed by atoms with van der Waals surface area (Å²) in [5.41, 5.74) is 0. The third-order valence-electron chi connectivity index (χ3n) is 0.494. The molecule has 0 amide bonds. The highest BCUT2D eigenvalue weighted by Gasteiger charge is 1.97. The molecule has 0 aliphatic carbocycles. The highest BCUT2D eigenvalue weighted by Crippen LogP contribution is 1.87. The summed E-state index contributed by atoms with van der Waals surface area (Å²) in [6.45, 7) is 2.62. The summed E-state index contributed by atoms with van der Waals surface area (Å²) >= 11 is 0. The average Bonchev–Trinajstić information content (AvgIpc) is 1.85. The minimum atomic E-state index is -0.875. The maximum absolute atomic E-state index is 8.34. The Morgan fingerprint density at radius 2 is 1.27 bits per heavy atom. The maximum Gasteiger partial charge on any atom is 0.154 e. The summed E-state index contributed by atoms with van der Waals surface area (Å²) in [6, 6.07) is 0. The zero-order valence-electron chi connectivity index (χ0n) is 6.77. The van der Waals surface area contributed by atoms with Crippen LogP contribution in [0.1, 0.15) is 13.8 Å². The van der Waals surface area contributed by atoms with Crippen molar-refractivity contribution in [3.8, 4) is 0 Å². The van der Waals surface area contributed by atoms with E-state index in [1.165, 1.54) is 13.8 Å². The molecule has 0 aliphatic rings. The van der Waals surface area contributed by atoms with E-state index in [0.717, 1.165) is 0 Å². The first-order valence-electron chi connectivity index (χ1n) is 3.27. The van der Waals surface area contributed by atoms with Crippen molar-refractivity contribution in [2.45, 2.75) is 26.4 Å². The molecule has 70 valence electrons. The summed E-state index contributed by atoms with van der Waals surface area (Å²) in [5, 5.41) is 31.9. The lowest BCUT2D eigenvalue weighted by Crippen LogP contribution is -2.14. The fraction of sp³-hybridized carbons (Fsp3) is 1.00. The lowest BCUT2D eigenvalue weighted by atomic mass is 10.7. The predicted molar refractivity (Wildman–Crippen MR) is 38.6 cm³/mol. The Hall–Kier alpha value is -0.200. The minimum absolute atomic E-state index is 0.125. The maximum atomic E-state index is 8.34. The largest absolute Gasteiger partial charge is 0.394 e. The van der Waals surface area contributed by atoms with E-state index in [2.05, 4.69) is 4.74 Å². The van der Waals surface area contributed by atoms with Gasteiger partial charge in [-0.25, -0.2) is 0 Å². The van der Waals surface area contributed by atoms with Crippen molar-refractivity contribution in [1.82, 2.24) is 0 Å². The molecular weight excluding hydrogens is 152 g/mol. The number of hydrogen-bond acceptors (Lipinski definition) is 5. The van der Waals surface area contributed by atoms with Crippen molar-refractivity contribution in [2.24, 2.45) is 0 Å². The first-order chi connectivity index (χ1) is 5.04. The fourth-order valence-corrected chi connectivity index (χ4v) is 0.285. The molecule has 4 N–H and O–H groups in total. The molecule has 0 spiro atoms. The normalized spacial score (nSPS) is 14.7. The van der Waals surface area contributed by atoms with Crippen LogP contribution < -0.4 is 0 Å². The van der Waals surface area contributed by atoms with Gasteiger partial charge in [0, 0.05) is 0 Å². The van der Waals surface area contributed by atoms with Gasteiger partial charge in [0.1, 0.15) is 0 Å². The van der Waals surface area contributed by atoms with Crippen molar-refractivity contribution in [3.05, 3.63) is 0 Å². The van der Waals surface area contributed by atoms with Crippen molar-refractivity contribution >= 4 is 0 Å². The number of hydrogen-bond donors (Lipinski definition) is 4. The lowest BCUT2D eigenvalue weighted by molar-refractivity contribution is -0.190.